The van der Waals surface area contributed by atoms with Crippen LogP contribution in [0.3, 0.4) is 0 Å². The van der Waals surface area contributed by atoms with Gasteiger partial charge in [-0.3, -0.25) is 4.79 Å². The zero-order valence-corrected chi connectivity index (χ0v) is 9.90. The van der Waals surface area contributed by atoms with Gasteiger partial charge in [-0.15, -0.1) is 0 Å². The second kappa shape index (κ2) is 6.28. The van der Waals surface area contributed by atoms with Gasteiger partial charge in [-0.05, 0) is 37.2 Å². The number of nitrogens with two attached hydrogens (primary N) is 1. The van der Waals surface area contributed by atoms with Crippen molar-refractivity contribution < 1.29 is 9.53 Å². The first kappa shape index (κ1) is 12.7. The zero-order valence-electron chi connectivity index (χ0n) is 9.90. The lowest BCUT2D eigenvalue weighted by Gasteiger charge is -2.07. The number of carbonyl (C=O) groups excluding carboxylic acids is 1. The van der Waals surface area contributed by atoms with Crippen molar-refractivity contribution in [1.82, 2.24) is 0 Å². The second-order valence-electron chi connectivity index (χ2n) is 4.03. The van der Waals surface area contributed by atoms with E-state index in [4.69, 9.17) is 10.5 Å². The Morgan fingerprint density at radius 2 is 1.94 bits per heavy atom. The standard InChI is InChI=1S/C13H19NO2/c1-10(2)13(15)11-4-6-12(7-5-11)16-9-3-8-14/h4-7,10H,3,8-9,14H2,1-2H3. The van der Waals surface area contributed by atoms with Crippen LogP contribution in [0, 0.1) is 5.92 Å². The lowest BCUT2D eigenvalue weighted by molar-refractivity contribution is 0.0939. The predicted molar refractivity (Wildman–Crippen MR) is 64.8 cm³/mol. The van der Waals surface area contributed by atoms with Gasteiger partial charge < -0.3 is 10.5 Å². The highest BCUT2D eigenvalue weighted by Crippen LogP contribution is 2.15. The monoisotopic (exact) mass is 221 g/mol. The van der Waals surface area contributed by atoms with Crippen LogP contribution in [0.2, 0.25) is 0 Å². The minimum absolute atomic E-state index is 0.0315. The maximum Gasteiger partial charge on any atom is 0.165 e. The maximum atomic E-state index is 11.7. The van der Waals surface area contributed by atoms with Gasteiger partial charge in [0.1, 0.15) is 5.75 Å². The Hall–Kier alpha value is -1.35. The van der Waals surface area contributed by atoms with Gasteiger partial charge in [0.05, 0.1) is 6.61 Å². The molecule has 0 aliphatic rings. The van der Waals surface area contributed by atoms with Gasteiger partial charge in [0.15, 0.2) is 5.78 Å². The molecule has 0 saturated carbocycles. The number of carbonyl (C=O) groups is 1. The third-order valence-corrected chi connectivity index (χ3v) is 2.28. The number of rotatable bonds is 6. The number of hydrogen-bond acceptors (Lipinski definition) is 3. The van der Waals surface area contributed by atoms with E-state index in [1.54, 1.807) is 12.1 Å². The summed E-state index contributed by atoms with van der Waals surface area (Å²) < 4.78 is 5.45. The SMILES string of the molecule is CC(C)C(=O)c1ccc(OCCCN)cc1. The minimum Gasteiger partial charge on any atom is -0.494 e. The van der Waals surface area contributed by atoms with E-state index in [-0.39, 0.29) is 11.7 Å². The quantitative estimate of drug-likeness (QED) is 0.592. The normalized spacial score (nSPS) is 10.5. The molecule has 88 valence electrons. The molecule has 0 amide bonds. The second-order valence-corrected chi connectivity index (χ2v) is 4.03. The Morgan fingerprint density at radius 3 is 2.44 bits per heavy atom. The van der Waals surface area contributed by atoms with Gasteiger partial charge in [-0.1, -0.05) is 13.8 Å². The first-order chi connectivity index (χ1) is 7.65. The molecule has 0 radical (unpaired) electrons. The average Bonchev–Trinajstić information content (AvgIpc) is 2.29. The summed E-state index contributed by atoms with van der Waals surface area (Å²) in [5, 5.41) is 0. The molecular weight excluding hydrogens is 202 g/mol. The average molecular weight is 221 g/mol. The third-order valence-electron chi connectivity index (χ3n) is 2.28. The van der Waals surface area contributed by atoms with Gasteiger partial charge in [0.25, 0.3) is 0 Å². The van der Waals surface area contributed by atoms with Gasteiger partial charge in [0, 0.05) is 11.5 Å². The topological polar surface area (TPSA) is 52.3 Å². The van der Waals surface area contributed by atoms with E-state index in [0.29, 0.717) is 13.2 Å². The molecule has 1 rings (SSSR count). The lowest BCUT2D eigenvalue weighted by atomic mass is 10.0. The molecule has 1 aromatic rings. The van der Waals surface area contributed by atoms with E-state index in [1.165, 1.54) is 0 Å². The number of hydrogen-bond donors (Lipinski definition) is 1. The van der Waals surface area contributed by atoms with Crippen LogP contribution in [-0.2, 0) is 0 Å². The van der Waals surface area contributed by atoms with Crippen molar-refractivity contribution in [2.45, 2.75) is 20.3 Å². The summed E-state index contributed by atoms with van der Waals surface area (Å²) in [5.41, 5.74) is 6.10. The minimum atomic E-state index is 0.0315. The van der Waals surface area contributed by atoms with Crippen molar-refractivity contribution in [3.8, 4) is 5.75 Å². The van der Waals surface area contributed by atoms with Crippen LogP contribution >= 0.6 is 0 Å². The lowest BCUT2D eigenvalue weighted by Crippen LogP contribution is -2.08. The molecule has 0 aromatic heterocycles. The molecule has 0 fully saturated rings. The van der Waals surface area contributed by atoms with Crippen molar-refractivity contribution in [3.63, 3.8) is 0 Å². The Balaban J connectivity index is 2.57. The van der Waals surface area contributed by atoms with E-state index in [9.17, 15) is 4.79 Å². The molecule has 0 spiro atoms. The molecular formula is C13H19NO2. The van der Waals surface area contributed by atoms with E-state index in [0.717, 1.165) is 17.7 Å². The van der Waals surface area contributed by atoms with Crippen LogP contribution in [0.25, 0.3) is 0 Å². The van der Waals surface area contributed by atoms with Crippen LogP contribution < -0.4 is 10.5 Å². The van der Waals surface area contributed by atoms with Gasteiger partial charge in [-0.25, -0.2) is 0 Å². The van der Waals surface area contributed by atoms with E-state index in [1.807, 2.05) is 26.0 Å². The smallest absolute Gasteiger partial charge is 0.165 e. The molecule has 3 heteroatoms. The van der Waals surface area contributed by atoms with Crippen molar-refractivity contribution in [1.29, 1.82) is 0 Å². The van der Waals surface area contributed by atoms with Crippen molar-refractivity contribution >= 4 is 5.78 Å². The highest BCUT2D eigenvalue weighted by Gasteiger charge is 2.09. The molecule has 0 unspecified atom stereocenters. The zero-order chi connectivity index (χ0) is 12.0. The summed E-state index contributed by atoms with van der Waals surface area (Å²) in [4.78, 5) is 11.7. The molecule has 1 aromatic carbocycles. The summed E-state index contributed by atoms with van der Waals surface area (Å²) in [6.45, 7) is 5.04. The van der Waals surface area contributed by atoms with Crippen molar-refractivity contribution in [2.24, 2.45) is 11.7 Å². The van der Waals surface area contributed by atoms with E-state index in [2.05, 4.69) is 0 Å². The summed E-state index contributed by atoms with van der Waals surface area (Å²) in [7, 11) is 0. The fourth-order valence-electron chi connectivity index (χ4n) is 1.32. The Kier molecular flexibility index (Phi) is 4.99. The molecule has 2 N–H and O–H groups in total. The fourth-order valence-corrected chi connectivity index (χ4v) is 1.32. The van der Waals surface area contributed by atoms with Crippen LogP contribution in [0.1, 0.15) is 30.6 Å². The fraction of sp³-hybridized carbons (Fsp3) is 0.462. The highest BCUT2D eigenvalue weighted by molar-refractivity contribution is 5.97. The Morgan fingerprint density at radius 1 is 1.31 bits per heavy atom. The molecule has 3 nitrogen and oxygen atoms in total. The van der Waals surface area contributed by atoms with Crippen LogP contribution in [0.5, 0.6) is 5.75 Å². The Bertz CT molecular complexity index is 330. The van der Waals surface area contributed by atoms with E-state index < -0.39 is 0 Å². The predicted octanol–water partition coefficient (Wildman–Crippen LogP) is 2.25. The largest absolute Gasteiger partial charge is 0.494 e. The molecule has 0 heterocycles. The van der Waals surface area contributed by atoms with Crippen molar-refractivity contribution in [3.05, 3.63) is 29.8 Å². The third kappa shape index (κ3) is 3.66. The summed E-state index contributed by atoms with van der Waals surface area (Å²) in [5.74, 6) is 0.978. The van der Waals surface area contributed by atoms with E-state index >= 15 is 0 Å². The molecule has 0 atom stereocenters. The highest BCUT2D eigenvalue weighted by atomic mass is 16.5. The molecule has 0 saturated heterocycles. The molecule has 0 aliphatic heterocycles. The maximum absolute atomic E-state index is 11.7. The Labute approximate surface area is 96.6 Å². The first-order valence-corrected chi connectivity index (χ1v) is 5.62. The molecule has 16 heavy (non-hydrogen) atoms. The van der Waals surface area contributed by atoms with Gasteiger partial charge in [-0.2, -0.15) is 0 Å². The van der Waals surface area contributed by atoms with Crippen LogP contribution in [0.15, 0.2) is 24.3 Å². The number of benzene rings is 1. The van der Waals surface area contributed by atoms with Gasteiger partial charge >= 0.3 is 0 Å². The number of ketones is 1. The summed E-state index contributed by atoms with van der Waals surface area (Å²) in [6.07, 6.45) is 0.840. The summed E-state index contributed by atoms with van der Waals surface area (Å²) in [6, 6.07) is 7.26. The van der Waals surface area contributed by atoms with Crippen LogP contribution in [0.4, 0.5) is 0 Å². The van der Waals surface area contributed by atoms with Crippen molar-refractivity contribution in [2.75, 3.05) is 13.2 Å². The molecule has 0 bridgehead atoms. The summed E-state index contributed by atoms with van der Waals surface area (Å²) >= 11 is 0. The number of ether oxygens (including phenoxy) is 1. The van der Waals surface area contributed by atoms with Gasteiger partial charge in [0.2, 0.25) is 0 Å². The van der Waals surface area contributed by atoms with Crippen LogP contribution in [-0.4, -0.2) is 18.9 Å². The number of Topliss-reactive ketones (excluding diaryl/α,β-unsaturated/α-hetero) is 1. The molecule has 0 aliphatic carbocycles. The first-order valence-electron chi connectivity index (χ1n) is 5.62.